The maximum Gasteiger partial charge on any atom is 0.160 e. The molecule has 2 nitrogen and oxygen atoms in total. The first-order valence-electron chi connectivity index (χ1n) is 17.4. The lowest BCUT2D eigenvalue weighted by Crippen LogP contribution is -1.98. The van der Waals surface area contributed by atoms with Crippen LogP contribution < -0.4 is 0 Å². The summed E-state index contributed by atoms with van der Waals surface area (Å²) in [7, 11) is -1.63. The molecule has 51 heavy (non-hydrogen) atoms. The van der Waals surface area contributed by atoms with Crippen molar-refractivity contribution >= 4 is 31.7 Å². The summed E-state index contributed by atoms with van der Waals surface area (Å²) in [6.07, 6.45) is 0. The van der Waals surface area contributed by atoms with Crippen molar-refractivity contribution in [3.63, 3.8) is 0 Å². The Kier molecular flexibility index (Phi) is 6.07. The van der Waals surface area contributed by atoms with Gasteiger partial charge in [-0.1, -0.05) is 146 Å². The van der Waals surface area contributed by atoms with E-state index in [1.165, 1.54) is 63.7 Å². The van der Waals surface area contributed by atoms with E-state index >= 15 is 0 Å². The van der Waals surface area contributed by atoms with Gasteiger partial charge in [-0.25, -0.2) is 9.97 Å². The van der Waals surface area contributed by atoms with Crippen LogP contribution in [0.5, 0.6) is 0 Å². The minimum atomic E-state index is -1.63. The molecule has 238 valence electrons. The zero-order valence-electron chi connectivity index (χ0n) is 27.6. The van der Waals surface area contributed by atoms with Gasteiger partial charge >= 0.3 is 0 Å². The van der Waals surface area contributed by atoms with Gasteiger partial charge in [-0.3, -0.25) is 0 Å². The van der Waals surface area contributed by atoms with Gasteiger partial charge < -0.3 is 0 Å². The van der Waals surface area contributed by atoms with Crippen LogP contribution in [0.1, 0.15) is 0 Å². The quantitative estimate of drug-likeness (QED) is 0.188. The van der Waals surface area contributed by atoms with Crippen molar-refractivity contribution in [1.29, 1.82) is 0 Å². The van der Waals surface area contributed by atoms with Crippen LogP contribution in [0.15, 0.2) is 202 Å². The molecule has 0 aliphatic carbocycles. The van der Waals surface area contributed by atoms with Crippen LogP contribution in [0.25, 0.3) is 77.7 Å². The second kappa shape index (κ2) is 10.9. The summed E-state index contributed by atoms with van der Waals surface area (Å²) >= 11 is 0. The van der Waals surface area contributed by atoms with Crippen LogP contribution in [-0.4, -0.2) is 9.97 Å². The van der Waals surface area contributed by atoms with Crippen LogP contribution in [0.4, 0.5) is 0 Å². The molecule has 0 amide bonds. The Morgan fingerprint density at radius 3 is 1.57 bits per heavy atom. The van der Waals surface area contributed by atoms with Crippen molar-refractivity contribution in [2.45, 2.75) is 19.6 Å². The van der Waals surface area contributed by atoms with Crippen molar-refractivity contribution in [2.75, 3.05) is 0 Å². The molecule has 1 spiro atoms. The number of rotatable bonds is 3. The molecule has 0 saturated carbocycles. The zero-order valence-corrected chi connectivity index (χ0v) is 28.4. The molecular formula is C48H30N2S. The molecule has 8 aromatic carbocycles. The number of benzene rings is 8. The van der Waals surface area contributed by atoms with Crippen LogP contribution >= 0.6 is 10.0 Å². The standard InChI is InChI=1S/C48H30N2S/c1-2-14-35-31(12-1)13-11-19-36(35)32-24-26-33(27-25-32)47-40-18-3-7-20-42(40)49-48(50-47)34-28-29-46-41(30-34)39-17-6-10-23-45(39)51(46)43-21-8-4-15-37(43)38-16-5-9-22-44(38)51/h1-30H. The molecule has 11 rings (SSSR count). The highest BCUT2D eigenvalue weighted by Crippen LogP contribution is 2.84. The van der Waals surface area contributed by atoms with Gasteiger partial charge in [0.15, 0.2) is 5.82 Å². The molecule has 2 aliphatic heterocycles. The van der Waals surface area contributed by atoms with E-state index < -0.39 is 10.0 Å². The lowest BCUT2D eigenvalue weighted by molar-refractivity contribution is 1.22. The molecule has 9 aromatic rings. The van der Waals surface area contributed by atoms with Crippen LogP contribution in [-0.2, 0) is 0 Å². The molecule has 0 radical (unpaired) electrons. The van der Waals surface area contributed by atoms with Gasteiger partial charge in [-0.15, -0.1) is 10.0 Å². The molecule has 0 N–H and O–H groups in total. The van der Waals surface area contributed by atoms with Gasteiger partial charge in [-0.05, 0) is 80.6 Å². The van der Waals surface area contributed by atoms with Crippen LogP contribution in [0.2, 0.25) is 0 Å². The van der Waals surface area contributed by atoms with Gasteiger partial charge in [-0.2, -0.15) is 0 Å². The normalized spacial score (nSPS) is 13.9. The highest BCUT2D eigenvalue weighted by molar-refractivity contribution is 8.34. The van der Waals surface area contributed by atoms with E-state index in [9.17, 15) is 0 Å². The number of para-hydroxylation sites is 1. The number of fused-ring (bicyclic) bond motifs is 12. The number of nitrogens with zero attached hydrogens (tertiary/aromatic N) is 2. The fourth-order valence-corrected chi connectivity index (χ4v) is 13.0. The SMILES string of the molecule is c1ccc2c(c1)-c1ccccc1S21c2ccccc2-c2cc(-c3nc(-c4ccc(-c5cccc6ccccc56)cc4)c4ccccc4n3)ccc21. The number of hydrogen-bond acceptors (Lipinski definition) is 2. The fourth-order valence-electron chi connectivity index (χ4n) is 8.44. The first-order chi connectivity index (χ1) is 25.3. The second-order valence-corrected chi connectivity index (χ2v) is 16.3. The van der Waals surface area contributed by atoms with Crippen molar-refractivity contribution in [3.05, 3.63) is 182 Å². The third-order valence-corrected chi connectivity index (χ3v) is 14.7. The van der Waals surface area contributed by atoms with Gasteiger partial charge in [0.05, 0.1) is 11.2 Å². The summed E-state index contributed by atoms with van der Waals surface area (Å²) in [6.45, 7) is 0. The predicted molar refractivity (Wildman–Crippen MR) is 211 cm³/mol. The lowest BCUT2D eigenvalue weighted by atomic mass is 9.96. The van der Waals surface area contributed by atoms with Gasteiger partial charge in [0.2, 0.25) is 0 Å². The molecule has 0 saturated heterocycles. The van der Waals surface area contributed by atoms with E-state index in [1.54, 1.807) is 0 Å². The Morgan fingerprint density at radius 1 is 0.333 bits per heavy atom. The highest BCUT2D eigenvalue weighted by atomic mass is 32.3. The average Bonchev–Trinajstić information content (AvgIpc) is 3.67. The molecule has 0 fully saturated rings. The minimum absolute atomic E-state index is 0.741. The molecule has 1 aromatic heterocycles. The predicted octanol–water partition coefficient (Wildman–Crippen LogP) is 13.1. The average molecular weight is 667 g/mol. The summed E-state index contributed by atoms with van der Waals surface area (Å²) in [5.41, 5.74) is 11.7. The Morgan fingerprint density at radius 2 is 0.843 bits per heavy atom. The third-order valence-electron chi connectivity index (χ3n) is 10.7. The molecule has 3 heterocycles. The topological polar surface area (TPSA) is 25.8 Å². The lowest BCUT2D eigenvalue weighted by Gasteiger charge is -2.36. The van der Waals surface area contributed by atoms with Gasteiger partial charge in [0.25, 0.3) is 0 Å². The van der Waals surface area contributed by atoms with E-state index in [-0.39, 0.29) is 0 Å². The molecule has 0 unspecified atom stereocenters. The Hall–Kier alpha value is -6.29. The first kappa shape index (κ1) is 28.5. The Balaban J connectivity index is 1.08. The molecular weight excluding hydrogens is 637 g/mol. The maximum atomic E-state index is 5.33. The van der Waals surface area contributed by atoms with Crippen molar-refractivity contribution in [1.82, 2.24) is 9.97 Å². The summed E-state index contributed by atoms with van der Waals surface area (Å²) in [6, 6.07) is 66.4. The fraction of sp³-hybridized carbons (Fsp3) is 0. The van der Waals surface area contributed by atoms with Crippen molar-refractivity contribution < 1.29 is 0 Å². The Labute approximate surface area is 298 Å². The van der Waals surface area contributed by atoms with E-state index in [4.69, 9.17) is 9.97 Å². The van der Waals surface area contributed by atoms with E-state index in [0.717, 1.165) is 33.5 Å². The number of hydrogen-bond donors (Lipinski definition) is 0. The summed E-state index contributed by atoms with van der Waals surface area (Å²) in [4.78, 5) is 16.2. The smallest absolute Gasteiger partial charge is 0.160 e. The summed E-state index contributed by atoms with van der Waals surface area (Å²) in [5.74, 6) is 0.741. The molecule has 3 heteroatoms. The third kappa shape index (κ3) is 4.01. The van der Waals surface area contributed by atoms with E-state index in [1.807, 2.05) is 0 Å². The van der Waals surface area contributed by atoms with E-state index in [0.29, 0.717) is 0 Å². The maximum absolute atomic E-state index is 5.33. The second-order valence-electron chi connectivity index (χ2n) is 13.3. The summed E-state index contributed by atoms with van der Waals surface area (Å²) < 4.78 is 0. The van der Waals surface area contributed by atoms with Crippen LogP contribution in [0.3, 0.4) is 0 Å². The van der Waals surface area contributed by atoms with Crippen molar-refractivity contribution in [3.8, 4) is 56.0 Å². The monoisotopic (exact) mass is 666 g/mol. The van der Waals surface area contributed by atoms with Crippen LogP contribution in [0, 0.1) is 0 Å². The molecule has 0 atom stereocenters. The van der Waals surface area contributed by atoms with E-state index in [2.05, 4.69) is 182 Å². The van der Waals surface area contributed by atoms with Crippen molar-refractivity contribution in [2.24, 2.45) is 0 Å². The highest BCUT2D eigenvalue weighted by Gasteiger charge is 2.47. The Bertz CT molecular complexity index is 2820. The largest absolute Gasteiger partial charge is 0.228 e. The minimum Gasteiger partial charge on any atom is -0.228 e. The molecule has 2 aliphatic rings. The van der Waals surface area contributed by atoms with Gasteiger partial charge in [0.1, 0.15) is 0 Å². The summed E-state index contributed by atoms with van der Waals surface area (Å²) in [5, 5.41) is 3.55. The van der Waals surface area contributed by atoms with Gasteiger partial charge in [0, 0.05) is 36.1 Å². The number of aromatic nitrogens is 2. The zero-order chi connectivity index (χ0) is 33.5. The first-order valence-corrected chi connectivity index (χ1v) is 19.0. The molecule has 0 bridgehead atoms.